The Morgan fingerprint density at radius 2 is 2.29 bits per heavy atom. The molecule has 4 nitrogen and oxygen atoms in total. The standard InChI is InChI=1S/C13H17NO3/c1-14-8-4-3-5-10-9-11(13(16)17-2)6-7-12(10)15/h3,5-7,9,14-15H,4,8H2,1-2H3. The average Bonchev–Trinajstić information content (AvgIpc) is 2.35. The molecule has 0 radical (unpaired) electrons. The molecule has 1 aromatic carbocycles. The first kappa shape index (κ1) is 13.3. The second kappa shape index (κ2) is 6.70. The number of benzene rings is 1. The fourth-order valence-electron chi connectivity index (χ4n) is 1.37. The summed E-state index contributed by atoms with van der Waals surface area (Å²) in [6.45, 7) is 0.869. The number of phenols is 1. The lowest BCUT2D eigenvalue weighted by Crippen LogP contribution is -2.05. The van der Waals surface area contributed by atoms with Gasteiger partial charge in [-0.05, 0) is 38.2 Å². The zero-order valence-electron chi connectivity index (χ0n) is 10.1. The van der Waals surface area contributed by atoms with Crippen molar-refractivity contribution in [1.29, 1.82) is 0 Å². The number of nitrogens with one attached hydrogen (secondary N) is 1. The minimum Gasteiger partial charge on any atom is -0.507 e. The highest BCUT2D eigenvalue weighted by Gasteiger charge is 2.07. The summed E-state index contributed by atoms with van der Waals surface area (Å²) in [5, 5.41) is 12.6. The number of methoxy groups -OCH3 is 1. The van der Waals surface area contributed by atoms with E-state index >= 15 is 0 Å². The summed E-state index contributed by atoms with van der Waals surface area (Å²) in [6, 6.07) is 4.63. The fourth-order valence-corrected chi connectivity index (χ4v) is 1.37. The summed E-state index contributed by atoms with van der Waals surface area (Å²) in [5.41, 5.74) is 1.04. The molecule has 92 valence electrons. The largest absolute Gasteiger partial charge is 0.507 e. The molecule has 4 heteroatoms. The Kier molecular flexibility index (Phi) is 5.23. The molecule has 0 amide bonds. The highest BCUT2D eigenvalue weighted by Crippen LogP contribution is 2.20. The van der Waals surface area contributed by atoms with Crippen molar-refractivity contribution in [2.45, 2.75) is 6.42 Å². The van der Waals surface area contributed by atoms with E-state index in [4.69, 9.17) is 0 Å². The molecule has 0 fully saturated rings. The van der Waals surface area contributed by atoms with Crippen LogP contribution in [0.4, 0.5) is 0 Å². The van der Waals surface area contributed by atoms with E-state index in [0.717, 1.165) is 13.0 Å². The Labute approximate surface area is 101 Å². The number of hydrogen-bond donors (Lipinski definition) is 2. The maximum absolute atomic E-state index is 11.3. The lowest BCUT2D eigenvalue weighted by atomic mass is 10.1. The number of carbonyl (C=O) groups excluding carboxylic acids is 1. The SMILES string of the molecule is CNCCC=Cc1cc(C(=O)OC)ccc1O. The lowest BCUT2D eigenvalue weighted by molar-refractivity contribution is 0.0600. The van der Waals surface area contributed by atoms with Crippen LogP contribution in [0.25, 0.3) is 6.08 Å². The van der Waals surface area contributed by atoms with E-state index in [9.17, 15) is 9.90 Å². The van der Waals surface area contributed by atoms with Gasteiger partial charge >= 0.3 is 5.97 Å². The number of ether oxygens (including phenoxy) is 1. The van der Waals surface area contributed by atoms with Gasteiger partial charge in [0, 0.05) is 5.56 Å². The molecular formula is C13H17NO3. The van der Waals surface area contributed by atoms with Crippen LogP contribution in [0.2, 0.25) is 0 Å². The second-order valence-corrected chi connectivity index (χ2v) is 3.56. The Bertz CT molecular complexity index is 413. The smallest absolute Gasteiger partial charge is 0.337 e. The molecular weight excluding hydrogens is 218 g/mol. The second-order valence-electron chi connectivity index (χ2n) is 3.56. The van der Waals surface area contributed by atoms with Crippen LogP contribution in [0, 0.1) is 0 Å². The van der Waals surface area contributed by atoms with Crippen LogP contribution in [0.15, 0.2) is 24.3 Å². The summed E-state index contributed by atoms with van der Waals surface area (Å²) >= 11 is 0. The van der Waals surface area contributed by atoms with Gasteiger partial charge in [0.05, 0.1) is 12.7 Å². The molecule has 1 aromatic rings. The van der Waals surface area contributed by atoms with Gasteiger partial charge in [-0.3, -0.25) is 0 Å². The van der Waals surface area contributed by atoms with Crippen molar-refractivity contribution in [3.63, 3.8) is 0 Å². The van der Waals surface area contributed by atoms with Gasteiger partial charge in [0.1, 0.15) is 5.75 Å². The first-order valence-electron chi connectivity index (χ1n) is 5.41. The number of phenolic OH excluding ortho intramolecular Hbond substituents is 1. The molecule has 0 saturated carbocycles. The Morgan fingerprint density at radius 1 is 1.53 bits per heavy atom. The molecule has 0 bridgehead atoms. The van der Waals surface area contributed by atoms with Crippen molar-refractivity contribution in [2.24, 2.45) is 0 Å². The minimum absolute atomic E-state index is 0.151. The van der Waals surface area contributed by atoms with E-state index in [0.29, 0.717) is 11.1 Å². The van der Waals surface area contributed by atoms with Crippen LogP contribution in [-0.2, 0) is 4.74 Å². The van der Waals surface area contributed by atoms with Crippen molar-refractivity contribution in [1.82, 2.24) is 5.32 Å². The first-order chi connectivity index (χ1) is 8.19. The molecule has 0 aliphatic carbocycles. The van der Waals surface area contributed by atoms with Crippen molar-refractivity contribution >= 4 is 12.0 Å². The first-order valence-corrected chi connectivity index (χ1v) is 5.41. The van der Waals surface area contributed by atoms with Crippen molar-refractivity contribution in [2.75, 3.05) is 20.7 Å². The van der Waals surface area contributed by atoms with Gasteiger partial charge in [0.2, 0.25) is 0 Å². The fraction of sp³-hybridized carbons (Fsp3) is 0.308. The summed E-state index contributed by atoms with van der Waals surface area (Å²) in [5.74, 6) is -0.256. The highest BCUT2D eigenvalue weighted by atomic mass is 16.5. The molecule has 2 N–H and O–H groups in total. The van der Waals surface area contributed by atoms with Crippen molar-refractivity contribution in [3.05, 3.63) is 35.4 Å². The highest BCUT2D eigenvalue weighted by molar-refractivity contribution is 5.90. The van der Waals surface area contributed by atoms with E-state index < -0.39 is 5.97 Å². The number of aromatic hydroxyl groups is 1. The zero-order chi connectivity index (χ0) is 12.7. The Hall–Kier alpha value is -1.81. The number of hydrogen-bond acceptors (Lipinski definition) is 4. The zero-order valence-corrected chi connectivity index (χ0v) is 10.1. The maximum Gasteiger partial charge on any atom is 0.337 e. The molecule has 0 unspecified atom stereocenters. The van der Waals surface area contributed by atoms with E-state index in [2.05, 4.69) is 10.1 Å². The van der Waals surface area contributed by atoms with E-state index in [1.54, 1.807) is 12.1 Å². The molecule has 0 aliphatic heterocycles. The topological polar surface area (TPSA) is 58.6 Å². The minimum atomic E-state index is -0.408. The summed E-state index contributed by atoms with van der Waals surface area (Å²) in [4.78, 5) is 11.3. The van der Waals surface area contributed by atoms with Gasteiger partial charge in [-0.25, -0.2) is 4.79 Å². The van der Waals surface area contributed by atoms with Crippen LogP contribution in [-0.4, -0.2) is 31.8 Å². The third kappa shape index (κ3) is 3.92. The summed E-state index contributed by atoms with van der Waals surface area (Å²) < 4.78 is 4.62. The number of esters is 1. The predicted octanol–water partition coefficient (Wildman–Crippen LogP) is 1.80. The molecule has 0 heterocycles. The normalized spacial score (nSPS) is 10.7. The Morgan fingerprint density at radius 3 is 2.94 bits per heavy atom. The summed E-state index contributed by atoms with van der Waals surface area (Å²) in [7, 11) is 3.21. The van der Waals surface area contributed by atoms with Gasteiger partial charge < -0.3 is 15.2 Å². The Balaban J connectivity index is 2.83. The van der Waals surface area contributed by atoms with Crippen LogP contribution in [0.5, 0.6) is 5.75 Å². The van der Waals surface area contributed by atoms with Crippen molar-refractivity contribution < 1.29 is 14.6 Å². The quantitative estimate of drug-likeness (QED) is 0.603. The van der Waals surface area contributed by atoms with Gasteiger partial charge in [0.25, 0.3) is 0 Å². The molecule has 0 saturated heterocycles. The molecule has 0 spiro atoms. The summed E-state index contributed by atoms with van der Waals surface area (Å²) in [6.07, 6.45) is 4.59. The number of carbonyl (C=O) groups is 1. The average molecular weight is 235 g/mol. The van der Waals surface area contributed by atoms with Crippen molar-refractivity contribution in [3.8, 4) is 5.75 Å². The molecule has 0 aromatic heterocycles. The van der Waals surface area contributed by atoms with Crippen LogP contribution < -0.4 is 5.32 Å². The van der Waals surface area contributed by atoms with E-state index in [-0.39, 0.29) is 5.75 Å². The molecule has 0 atom stereocenters. The van der Waals surface area contributed by atoms with Gasteiger partial charge in [0.15, 0.2) is 0 Å². The molecule has 17 heavy (non-hydrogen) atoms. The van der Waals surface area contributed by atoms with Crippen LogP contribution in [0.1, 0.15) is 22.3 Å². The number of rotatable bonds is 5. The predicted molar refractivity (Wildman–Crippen MR) is 67.0 cm³/mol. The monoisotopic (exact) mass is 235 g/mol. The third-order valence-electron chi connectivity index (χ3n) is 2.31. The maximum atomic E-state index is 11.3. The van der Waals surface area contributed by atoms with Crippen LogP contribution >= 0.6 is 0 Å². The van der Waals surface area contributed by atoms with E-state index in [1.807, 2.05) is 13.1 Å². The van der Waals surface area contributed by atoms with Crippen LogP contribution in [0.3, 0.4) is 0 Å². The van der Waals surface area contributed by atoms with Gasteiger partial charge in [-0.2, -0.15) is 0 Å². The van der Waals surface area contributed by atoms with Gasteiger partial charge in [-0.15, -0.1) is 0 Å². The van der Waals surface area contributed by atoms with Gasteiger partial charge in [-0.1, -0.05) is 12.2 Å². The lowest BCUT2D eigenvalue weighted by Gasteiger charge is -2.03. The molecule has 1 rings (SSSR count). The third-order valence-corrected chi connectivity index (χ3v) is 2.31. The molecule has 0 aliphatic rings. The van der Waals surface area contributed by atoms with E-state index in [1.165, 1.54) is 19.2 Å².